The summed E-state index contributed by atoms with van der Waals surface area (Å²) in [5.74, 6) is -0.489. The van der Waals surface area contributed by atoms with Crippen LogP contribution in [0.4, 0.5) is 34.3 Å². The summed E-state index contributed by atoms with van der Waals surface area (Å²) < 4.78 is 46.0. The van der Waals surface area contributed by atoms with Crippen LogP contribution in [0, 0.1) is 0 Å². The molecule has 1 fully saturated rings. The predicted molar refractivity (Wildman–Crippen MR) is 117 cm³/mol. The first-order chi connectivity index (χ1) is 16.7. The zero-order valence-electron chi connectivity index (χ0n) is 17.9. The Morgan fingerprint density at radius 3 is 2.40 bits per heavy atom. The van der Waals surface area contributed by atoms with Crippen LogP contribution in [0.15, 0.2) is 72.9 Å². The summed E-state index contributed by atoms with van der Waals surface area (Å²) in [5, 5.41) is 2.49. The second-order valence-electron chi connectivity index (χ2n) is 7.29. The lowest BCUT2D eigenvalue weighted by molar-refractivity contribution is -0.274. The van der Waals surface area contributed by atoms with Gasteiger partial charge in [0, 0.05) is 12.7 Å². The molecular formula is C23H17F3N4O5. The van der Waals surface area contributed by atoms with Gasteiger partial charge in [0.05, 0.1) is 5.69 Å². The molecule has 0 bridgehead atoms. The fourth-order valence-corrected chi connectivity index (χ4v) is 3.31. The standard InChI is InChI=1S/C23H17F3N4O5/c24-23(25,26)35-18-8-6-16(7-9-18)30-20(31)14-29(22(30)33)13-15-10-11-27-19(12-15)28-21(32)34-17-4-2-1-3-5-17/h1-12H,13-14H2,(H,27,28,32). The van der Waals surface area contributed by atoms with E-state index in [2.05, 4.69) is 15.0 Å². The molecule has 0 radical (unpaired) electrons. The molecule has 0 spiro atoms. The number of amides is 4. The zero-order chi connectivity index (χ0) is 25.0. The monoisotopic (exact) mass is 486 g/mol. The van der Waals surface area contributed by atoms with Gasteiger partial charge in [0.1, 0.15) is 23.9 Å². The molecule has 1 saturated heterocycles. The number of carbonyl (C=O) groups excluding carboxylic acids is 3. The van der Waals surface area contributed by atoms with Crippen LogP contribution in [0.5, 0.6) is 11.5 Å². The minimum atomic E-state index is -4.85. The number of halogens is 3. The Morgan fingerprint density at radius 1 is 1.00 bits per heavy atom. The van der Waals surface area contributed by atoms with E-state index in [1.165, 1.54) is 29.3 Å². The van der Waals surface area contributed by atoms with E-state index in [4.69, 9.17) is 4.74 Å². The summed E-state index contributed by atoms with van der Waals surface area (Å²) in [6, 6.07) is 15.3. The lowest BCUT2D eigenvalue weighted by Gasteiger charge is -2.18. The fourth-order valence-electron chi connectivity index (χ4n) is 3.31. The molecule has 2 aromatic carbocycles. The molecule has 180 valence electrons. The van der Waals surface area contributed by atoms with Crippen LogP contribution in [0.2, 0.25) is 0 Å². The van der Waals surface area contributed by atoms with E-state index in [1.807, 2.05) is 0 Å². The number of rotatable bonds is 6. The number of urea groups is 1. The number of alkyl halides is 3. The van der Waals surface area contributed by atoms with E-state index in [0.29, 0.717) is 11.3 Å². The first-order valence-corrected chi connectivity index (χ1v) is 10.1. The van der Waals surface area contributed by atoms with Gasteiger partial charge >= 0.3 is 18.5 Å². The minimum absolute atomic E-state index is 0.0290. The van der Waals surface area contributed by atoms with Gasteiger partial charge in [0.2, 0.25) is 0 Å². The number of pyridine rings is 1. The van der Waals surface area contributed by atoms with Crippen LogP contribution in [0.1, 0.15) is 5.56 Å². The third-order valence-corrected chi connectivity index (χ3v) is 4.75. The van der Waals surface area contributed by atoms with Crippen molar-refractivity contribution in [3.63, 3.8) is 0 Å². The Labute approximate surface area is 196 Å². The summed E-state index contributed by atoms with van der Waals surface area (Å²) in [5.41, 5.74) is 0.685. The smallest absolute Gasteiger partial charge is 0.410 e. The average molecular weight is 486 g/mol. The molecule has 35 heavy (non-hydrogen) atoms. The van der Waals surface area contributed by atoms with Gasteiger partial charge in [-0.2, -0.15) is 0 Å². The first kappa shape index (κ1) is 23.5. The van der Waals surface area contributed by atoms with Gasteiger partial charge in [-0.05, 0) is 54.1 Å². The van der Waals surface area contributed by atoms with E-state index in [-0.39, 0.29) is 24.6 Å². The van der Waals surface area contributed by atoms with Crippen LogP contribution in [-0.2, 0) is 11.3 Å². The highest BCUT2D eigenvalue weighted by Crippen LogP contribution is 2.28. The molecule has 1 aromatic heterocycles. The lowest BCUT2D eigenvalue weighted by Crippen LogP contribution is -2.32. The molecule has 1 aliphatic rings. The number of para-hydroxylation sites is 1. The molecule has 4 amide bonds. The Hall–Kier alpha value is -4.61. The maximum absolute atomic E-state index is 12.8. The van der Waals surface area contributed by atoms with E-state index < -0.39 is 30.1 Å². The van der Waals surface area contributed by atoms with Gasteiger partial charge in [0.15, 0.2) is 0 Å². The van der Waals surface area contributed by atoms with E-state index in [1.54, 1.807) is 36.4 Å². The van der Waals surface area contributed by atoms with Gasteiger partial charge in [0.25, 0.3) is 5.91 Å². The molecule has 3 aromatic rings. The summed E-state index contributed by atoms with van der Waals surface area (Å²) in [6.07, 6.45) is -4.18. The Kier molecular flexibility index (Phi) is 6.53. The first-order valence-electron chi connectivity index (χ1n) is 10.1. The van der Waals surface area contributed by atoms with Crippen LogP contribution in [-0.4, -0.2) is 40.8 Å². The van der Waals surface area contributed by atoms with Crippen molar-refractivity contribution in [1.29, 1.82) is 0 Å². The quantitative estimate of drug-likeness (QED) is 0.513. The second kappa shape index (κ2) is 9.71. The lowest BCUT2D eigenvalue weighted by atomic mass is 10.2. The second-order valence-corrected chi connectivity index (χ2v) is 7.29. The Balaban J connectivity index is 1.39. The maximum Gasteiger partial charge on any atom is 0.573 e. The SMILES string of the molecule is O=C(Nc1cc(CN2CC(=O)N(c3ccc(OC(F)(F)F)cc3)C2=O)ccn1)Oc1ccccc1. The van der Waals surface area contributed by atoms with E-state index in [9.17, 15) is 27.6 Å². The summed E-state index contributed by atoms with van der Waals surface area (Å²) in [7, 11) is 0. The normalized spacial score (nSPS) is 13.7. The third kappa shape index (κ3) is 6.05. The largest absolute Gasteiger partial charge is 0.573 e. The molecule has 4 rings (SSSR count). The van der Waals surface area contributed by atoms with Gasteiger partial charge in [-0.3, -0.25) is 10.1 Å². The van der Waals surface area contributed by atoms with Crippen molar-refractivity contribution in [3.8, 4) is 11.5 Å². The van der Waals surface area contributed by atoms with Crippen molar-refractivity contribution in [2.45, 2.75) is 12.9 Å². The van der Waals surface area contributed by atoms with Crippen LogP contribution in [0.3, 0.4) is 0 Å². The molecule has 0 aliphatic carbocycles. The highest BCUT2D eigenvalue weighted by molar-refractivity contribution is 6.19. The van der Waals surface area contributed by atoms with Crippen molar-refractivity contribution in [2.75, 3.05) is 16.8 Å². The topological polar surface area (TPSA) is 101 Å². The molecule has 12 heteroatoms. The van der Waals surface area contributed by atoms with Gasteiger partial charge in [-0.1, -0.05) is 18.2 Å². The number of aromatic nitrogens is 1. The van der Waals surface area contributed by atoms with Crippen molar-refractivity contribution in [3.05, 3.63) is 78.5 Å². The highest BCUT2D eigenvalue weighted by Gasteiger charge is 2.37. The number of carbonyl (C=O) groups is 3. The predicted octanol–water partition coefficient (Wildman–Crippen LogP) is 4.56. The van der Waals surface area contributed by atoms with Crippen LogP contribution < -0.4 is 19.7 Å². The molecule has 1 N–H and O–H groups in total. The number of hydrogen-bond acceptors (Lipinski definition) is 6. The minimum Gasteiger partial charge on any atom is -0.410 e. The van der Waals surface area contributed by atoms with Crippen LogP contribution >= 0.6 is 0 Å². The van der Waals surface area contributed by atoms with Crippen molar-refractivity contribution < 1.29 is 37.0 Å². The number of nitrogens with one attached hydrogen (secondary N) is 1. The zero-order valence-corrected chi connectivity index (χ0v) is 17.9. The highest BCUT2D eigenvalue weighted by atomic mass is 19.4. The molecule has 2 heterocycles. The molecular weight excluding hydrogens is 469 g/mol. The third-order valence-electron chi connectivity index (χ3n) is 4.75. The Morgan fingerprint density at radius 2 is 1.71 bits per heavy atom. The molecule has 0 saturated carbocycles. The number of benzene rings is 2. The van der Waals surface area contributed by atoms with Gasteiger partial charge in [-0.25, -0.2) is 19.5 Å². The Bertz CT molecular complexity index is 1240. The summed E-state index contributed by atoms with van der Waals surface area (Å²) in [6.45, 7) is -0.206. The van der Waals surface area contributed by atoms with Crippen LogP contribution in [0.25, 0.3) is 0 Å². The van der Waals surface area contributed by atoms with Crippen molar-refractivity contribution in [1.82, 2.24) is 9.88 Å². The average Bonchev–Trinajstić information content (AvgIpc) is 3.07. The number of hydrogen-bond donors (Lipinski definition) is 1. The van der Waals surface area contributed by atoms with E-state index >= 15 is 0 Å². The number of ether oxygens (including phenoxy) is 2. The number of anilines is 2. The van der Waals surface area contributed by atoms with Crippen molar-refractivity contribution >= 4 is 29.5 Å². The van der Waals surface area contributed by atoms with Gasteiger partial charge in [-0.15, -0.1) is 13.2 Å². The fraction of sp³-hybridized carbons (Fsp3) is 0.130. The van der Waals surface area contributed by atoms with Crippen molar-refractivity contribution in [2.24, 2.45) is 0 Å². The molecule has 9 nitrogen and oxygen atoms in total. The summed E-state index contributed by atoms with van der Waals surface area (Å²) in [4.78, 5) is 43.5. The number of imide groups is 1. The molecule has 0 unspecified atom stereocenters. The molecule has 0 atom stereocenters. The maximum atomic E-state index is 12.8. The number of nitrogens with zero attached hydrogens (tertiary/aromatic N) is 3. The van der Waals surface area contributed by atoms with E-state index in [0.717, 1.165) is 17.0 Å². The molecule has 1 aliphatic heterocycles. The van der Waals surface area contributed by atoms with Gasteiger partial charge < -0.3 is 14.4 Å². The summed E-state index contributed by atoms with van der Waals surface area (Å²) >= 11 is 0.